The third kappa shape index (κ3) is 5.55. The van der Waals surface area contributed by atoms with E-state index in [1.807, 2.05) is 30.3 Å². The molecule has 0 heterocycles. The number of benzene rings is 1. The Morgan fingerprint density at radius 3 is 2.53 bits per heavy atom. The van der Waals surface area contributed by atoms with Gasteiger partial charge in [-0.05, 0) is 12.0 Å². The van der Waals surface area contributed by atoms with Gasteiger partial charge >= 0.3 is 6.09 Å². The van der Waals surface area contributed by atoms with Crippen LogP contribution in [-0.2, 0) is 16.0 Å². The van der Waals surface area contributed by atoms with Crippen LogP contribution < -0.4 is 10.6 Å². The number of carbonyl (C=O) groups excluding carboxylic acids is 2. The third-order valence-corrected chi connectivity index (χ3v) is 2.16. The Hall–Kier alpha value is -2.04. The van der Waals surface area contributed by atoms with Crippen LogP contribution in [0.25, 0.3) is 0 Å². The summed E-state index contributed by atoms with van der Waals surface area (Å²) in [5.41, 5.74) is 1.16. The number of alkyl carbamates (subject to hydrolysis) is 1. The van der Waals surface area contributed by atoms with Gasteiger partial charge in [-0.3, -0.25) is 4.79 Å². The van der Waals surface area contributed by atoms with Crippen molar-refractivity contribution in [1.29, 1.82) is 0 Å². The highest BCUT2D eigenvalue weighted by atomic mass is 16.5. The number of ether oxygens (including phenoxy) is 1. The monoisotopic (exact) mass is 236 g/mol. The maximum atomic E-state index is 11.3. The number of carbonyl (C=O) groups is 2. The van der Waals surface area contributed by atoms with Crippen molar-refractivity contribution < 1.29 is 14.3 Å². The molecule has 0 fully saturated rings. The lowest BCUT2D eigenvalue weighted by molar-refractivity contribution is -0.120. The van der Waals surface area contributed by atoms with Crippen LogP contribution >= 0.6 is 0 Å². The number of hydrogen-bond acceptors (Lipinski definition) is 3. The lowest BCUT2D eigenvalue weighted by Crippen LogP contribution is -2.37. The molecule has 1 rings (SSSR count). The van der Waals surface area contributed by atoms with Gasteiger partial charge in [0.2, 0.25) is 5.91 Å². The molecular formula is C12H16N2O3. The smallest absolute Gasteiger partial charge is 0.407 e. The van der Waals surface area contributed by atoms with E-state index in [-0.39, 0.29) is 12.5 Å². The van der Waals surface area contributed by atoms with E-state index in [1.165, 1.54) is 7.11 Å². The summed E-state index contributed by atoms with van der Waals surface area (Å²) in [7, 11) is 1.25. The summed E-state index contributed by atoms with van der Waals surface area (Å²) >= 11 is 0. The normalized spacial score (nSPS) is 9.47. The first-order chi connectivity index (χ1) is 8.22. The van der Waals surface area contributed by atoms with Crippen LogP contribution in [0.15, 0.2) is 30.3 Å². The van der Waals surface area contributed by atoms with Crippen LogP contribution in [-0.4, -0.2) is 32.2 Å². The molecule has 2 N–H and O–H groups in total. The van der Waals surface area contributed by atoms with E-state index in [2.05, 4.69) is 15.4 Å². The van der Waals surface area contributed by atoms with Gasteiger partial charge < -0.3 is 15.4 Å². The Labute approximate surface area is 100 Å². The van der Waals surface area contributed by atoms with E-state index in [0.717, 1.165) is 12.0 Å². The summed E-state index contributed by atoms with van der Waals surface area (Å²) in [6.07, 6.45) is 0.161. The Morgan fingerprint density at radius 1 is 1.18 bits per heavy atom. The van der Waals surface area contributed by atoms with Crippen LogP contribution in [0.4, 0.5) is 4.79 Å². The maximum absolute atomic E-state index is 11.3. The summed E-state index contributed by atoms with van der Waals surface area (Å²) in [4.78, 5) is 22.0. The van der Waals surface area contributed by atoms with E-state index < -0.39 is 6.09 Å². The molecule has 1 aromatic carbocycles. The van der Waals surface area contributed by atoms with Gasteiger partial charge in [0, 0.05) is 6.54 Å². The molecule has 0 spiro atoms. The minimum atomic E-state index is -0.608. The van der Waals surface area contributed by atoms with Crippen LogP contribution in [0.3, 0.4) is 0 Å². The summed E-state index contributed by atoms with van der Waals surface area (Å²) in [5.74, 6) is -0.230. The van der Waals surface area contributed by atoms with Crippen molar-refractivity contribution in [1.82, 2.24) is 10.6 Å². The minimum absolute atomic E-state index is 0.0680. The van der Waals surface area contributed by atoms with Gasteiger partial charge in [-0.1, -0.05) is 30.3 Å². The molecule has 92 valence electrons. The first-order valence-electron chi connectivity index (χ1n) is 5.35. The molecule has 0 unspecified atom stereocenters. The Kier molecular flexibility index (Phi) is 5.57. The van der Waals surface area contributed by atoms with Gasteiger partial charge in [0.15, 0.2) is 0 Å². The highest BCUT2D eigenvalue weighted by Gasteiger charge is 2.03. The summed E-state index contributed by atoms with van der Waals surface area (Å²) in [6.45, 7) is 0.479. The van der Waals surface area contributed by atoms with E-state index >= 15 is 0 Å². The second-order valence-electron chi connectivity index (χ2n) is 3.43. The van der Waals surface area contributed by atoms with Crippen molar-refractivity contribution in [3.63, 3.8) is 0 Å². The van der Waals surface area contributed by atoms with Crippen molar-refractivity contribution in [2.24, 2.45) is 0 Å². The number of rotatable bonds is 5. The fourth-order valence-corrected chi connectivity index (χ4v) is 1.28. The highest BCUT2D eigenvalue weighted by Crippen LogP contribution is 1.97. The second kappa shape index (κ2) is 7.27. The van der Waals surface area contributed by atoms with Gasteiger partial charge in [-0.15, -0.1) is 0 Å². The Bertz CT molecular complexity index is 365. The molecule has 1 aromatic rings. The van der Waals surface area contributed by atoms with Crippen LogP contribution in [0.5, 0.6) is 0 Å². The Balaban J connectivity index is 2.14. The van der Waals surface area contributed by atoms with Gasteiger partial charge in [-0.2, -0.15) is 0 Å². The molecule has 5 heteroatoms. The second-order valence-corrected chi connectivity index (χ2v) is 3.43. The molecule has 0 saturated heterocycles. The average Bonchev–Trinajstić information content (AvgIpc) is 2.37. The number of amides is 2. The van der Waals surface area contributed by atoms with Gasteiger partial charge in [0.1, 0.15) is 0 Å². The quantitative estimate of drug-likeness (QED) is 0.790. The van der Waals surface area contributed by atoms with E-state index in [9.17, 15) is 9.59 Å². The minimum Gasteiger partial charge on any atom is -0.453 e. The van der Waals surface area contributed by atoms with Crippen molar-refractivity contribution in [3.8, 4) is 0 Å². The molecule has 0 bridgehead atoms. The SMILES string of the molecule is COC(=O)NCC(=O)NCCc1ccccc1. The summed E-state index contributed by atoms with van der Waals surface area (Å²) < 4.78 is 4.34. The molecule has 0 saturated carbocycles. The summed E-state index contributed by atoms with van der Waals surface area (Å²) in [6, 6.07) is 9.85. The standard InChI is InChI=1S/C12H16N2O3/c1-17-12(16)14-9-11(15)13-8-7-10-5-3-2-4-6-10/h2-6H,7-9H2,1H3,(H,13,15)(H,14,16). The lowest BCUT2D eigenvalue weighted by Gasteiger charge is -2.06. The van der Waals surface area contributed by atoms with Gasteiger partial charge in [0.05, 0.1) is 13.7 Å². The number of nitrogens with one attached hydrogen (secondary N) is 2. The molecule has 2 amide bonds. The summed E-state index contributed by atoms with van der Waals surface area (Å²) in [5, 5.41) is 5.01. The zero-order chi connectivity index (χ0) is 12.5. The third-order valence-electron chi connectivity index (χ3n) is 2.16. The largest absolute Gasteiger partial charge is 0.453 e. The lowest BCUT2D eigenvalue weighted by atomic mass is 10.1. The molecule has 0 aliphatic heterocycles. The van der Waals surface area contributed by atoms with Crippen molar-refractivity contribution in [2.75, 3.05) is 20.2 Å². The molecule has 17 heavy (non-hydrogen) atoms. The molecule has 0 radical (unpaired) electrons. The number of methoxy groups -OCH3 is 1. The fourth-order valence-electron chi connectivity index (χ4n) is 1.28. The molecule has 0 aliphatic carbocycles. The predicted molar refractivity (Wildman–Crippen MR) is 63.6 cm³/mol. The van der Waals surface area contributed by atoms with Crippen LogP contribution in [0.1, 0.15) is 5.56 Å². The zero-order valence-electron chi connectivity index (χ0n) is 9.73. The van der Waals surface area contributed by atoms with Gasteiger partial charge in [-0.25, -0.2) is 4.79 Å². The topological polar surface area (TPSA) is 67.4 Å². The fraction of sp³-hybridized carbons (Fsp3) is 0.333. The molecule has 0 aliphatic rings. The molecule has 0 aromatic heterocycles. The average molecular weight is 236 g/mol. The highest BCUT2D eigenvalue weighted by molar-refractivity contribution is 5.81. The van der Waals surface area contributed by atoms with Crippen molar-refractivity contribution in [3.05, 3.63) is 35.9 Å². The zero-order valence-corrected chi connectivity index (χ0v) is 9.73. The predicted octanol–water partition coefficient (Wildman–Crippen LogP) is 0.701. The maximum Gasteiger partial charge on any atom is 0.407 e. The van der Waals surface area contributed by atoms with Crippen LogP contribution in [0, 0.1) is 0 Å². The Morgan fingerprint density at radius 2 is 1.88 bits per heavy atom. The van der Waals surface area contributed by atoms with E-state index in [0.29, 0.717) is 6.54 Å². The van der Waals surface area contributed by atoms with Crippen molar-refractivity contribution in [2.45, 2.75) is 6.42 Å². The van der Waals surface area contributed by atoms with E-state index in [4.69, 9.17) is 0 Å². The van der Waals surface area contributed by atoms with Crippen molar-refractivity contribution >= 4 is 12.0 Å². The first-order valence-corrected chi connectivity index (χ1v) is 5.35. The first kappa shape index (κ1) is 13.0. The number of hydrogen-bond donors (Lipinski definition) is 2. The molecular weight excluding hydrogens is 220 g/mol. The van der Waals surface area contributed by atoms with E-state index in [1.54, 1.807) is 0 Å². The molecule has 0 atom stereocenters. The van der Waals surface area contributed by atoms with Crippen LogP contribution in [0.2, 0.25) is 0 Å². The van der Waals surface area contributed by atoms with Gasteiger partial charge in [0.25, 0.3) is 0 Å². The molecule has 5 nitrogen and oxygen atoms in total.